The Morgan fingerprint density at radius 2 is 1.50 bits per heavy atom. The van der Waals surface area contributed by atoms with Crippen molar-refractivity contribution in [3.8, 4) is 5.75 Å². The summed E-state index contributed by atoms with van der Waals surface area (Å²) in [5.41, 5.74) is 0.869. The number of aliphatic imine (C=N–C) groups is 1. The summed E-state index contributed by atoms with van der Waals surface area (Å²) in [7, 11) is 0. The van der Waals surface area contributed by atoms with Gasteiger partial charge in [-0.25, -0.2) is 4.79 Å². The molecule has 1 fully saturated rings. The van der Waals surface area contributed by atoms with Gasteiger partial charge >= 0.3 is 12.2 Å². The number of carbonyl (C=O) groups is 2. The van der Waals surface area contributed by atoms with Gasteiger partial charge in [0.05, 0.1) is 29.8 Å². The van der Waals surface area contributed by atoms with E-state index in [2.05, 4.69) is 5.32 Å². The van der Waals surface area contributed by atoms with Crippen molar-refractivity contribution in [1.29, 1.82) is 0 Å². The fourth-order valence-electron chi connectivity index (χ4n) is 6.04. The Morgan fingerprint density at radius 1 is 0.917 bits per heavy atom. The van der Waals surface area contributed by atoms with E-state index in [1.807, 2.05) is 49.9 Å². The second-order valence-electron chi connectivity index (χ2n) is 12.1. The zero-order chi connectivity index (χ0) is 34.7. The minimum Gasteiger partial charge on any atom is -0.493 e. The number of amidine groups is 1. The molecule has 3 aromatic rings. The Hall–Kier alpha value is -3.80. The summed E-state index contributed by atoms with van der Waals surface area (Å²) >= 11 is 12.5. The van der Waals surface area contributed by atoms with Crippen molar-refractivity contribution < 1.29 is 27.5 Å². The van der Waals surface area contributed by atoms with E-state index in [-0.39, 0.29) is 47.8 Å². The molecule has 5 rings (SSSR count). The number of ether oxygens (including phenoxy) is 1. The Labute approximate surface area is 288 Å². The highest BCUT2D eigenvalue weighted by molar-refractivity contribution is 6.30. The Balaban J connectivity index is 1.58. The standard InChI is InChI=1S/C35H38Cl2F3N5O3/c1-5-48-29-20-25(35(38,39)40)10-15-28(29)32-42-30(23-6-11-26(36)12-7-23)31(24-8-13-27(37)14-9-24)45(32)34(47)44-18-16-43(17-19-44)22(4)33(46)41-21(2)3/h6-15,20-22,30-31H,5,16-19H2,1-4H3,(H,41,46). The summed E-state index contributed by atoms with van der Waals surface area (Å²) in [6, 6.07) is 15.3. The lowest BCUT2D eigenvalue weighted by Crippen LogP contribution is -2.58. The van der Waals surface area contributed by atoms with Crippen molar-refractivity contribution in [3.05, 3.63) is 99.0 Å². The maximum atomic E-state index is 14.7. The van der Waals surface area contributed by atoms with E-state index in [0.717, 1.165) is 23.3 Å². The molecule has 8 nitrogen and oxygen atoms in total. The van der Waals surface area contributed by atoms with Crippen LogP contribution < -0.4 is 10.1 Å². The van der Waals surface area contributed by atoms with Gasteiger partial charge in [0.1, 0.15) is 17.6 Å². The molecule has 0 spiro atoms. The molecule has 1 N–H and O–H groups in total. The molecule has 2 aliphatic heterocycles. The quantitative estimate of drug-likeness (QED) is 0.262. The predicted molar refractivity (Wildman–Crippen MR) is 181 cm³/mol. The molecule has 3 unspecified atom stereocenters. The third-order valence-electron chi connectivity index (χ3n) is 8.49. The highest BCUT2D eigenvalue weighted by Crippen LogP contribution is 2.46. The monoisotopic (exact) mass is 703 g/mol. The van der Waals surface area contributed by atoms with Crippen molar-refractivity contribution >= 4 is 41.0 Å². The van der Waals surface area contributed by atoms with Crippen molar-refractivity contribution in [2.75, 3.05) is 32.8 Å². The smallest absolute Gasteiger partial charge is 0.416 e. The van der Waals surface area contributed by atoms with Crippen LogP contribution in [0.4, 0.5) is 18.0 Å². The van der Waals surface area contributed by atoms with Crippen molar-refractivity contribution in [1.82, 2.24) is 20.0 Å². The lowest BCUT2D eigenvalue weighted by molar-refractivity contribution is -0.137. The van der Waals surface area contributed by atoms with E-state index in [1.165, 1.54) is 6.07 Å². The number of nitrogens with zero attached hydrogens (tertiary/aromatic N) is 4. The van der Waals surface area contributed by atoms with E-state index < -0.39 is 23.8 Å². The number of benzene rings is 3. The van der Waals surface area contributed by atoms with Crippen molar-refractivity contribution in [2.45, 2.75) is 58.0 Å². The maximum Gasteiger partial charge on any atom is 0.416 e. The third-order valence-corrected chi connectivity index (χ3v) is 8.99. The zero-order valence-electron chi connectivity index (χ0n) is 27.1. The highest BCUT2D eigenvalue weighted by Gasteiger charge is 2.45. The molecular weight excluding hydrogens is 666 g/mol. The van der Waals surface area contributed by atoms with Gasteiger partial charge in [0.15, 0.2) is 0 Å². The molecule has 0 aliphatic carbocycles. The van der Waals surface area contributed by atoms with Gasteiger partial charge in [-0.1, -0.05) is 47.5 Å². The van der Waals surface area contributed by atoms with Gasteiger partial charge in [0.2, 0.25) is 5.91 Å². The van der Waals surface area contributed by atoms with Gasteiger partial charge in [-0.2, -0.15) is 13.2 Å². The summed E-state index contributed by atoms with van der Waals surface area (Å²) in [6.07, 6.45) is -4.60. The summed E-state index contributed by atoms with van der Waals surface area (Å²) < 4.78 is 47.1. The molecular formula is C35H38Cl2F3N5O3. The van der Waals surface area contributed by atoms with Crippen molar-refractivity contribution in [2.24, 2.45) is 4.99 Å². The lowest BCUT2D eigenvalue weighted by atomic mass is 9.93. The number of alkyl halides is 3. The Morgan fingerprint density at radius 3 is 2.04 bits per heavy atom. The first-order valence-electron chi connectivity index (χ1n) is 15.8. The molecule has 0 radical (unpaired) electrons. The summed E-state index contributed by atoms with van der Waals surface area (Å²) in [6.45, 7) is 8.98. The first-order valence-corrected chi connectivity index (χ1v) is 16.6. The molecule has 3 atom stereocenters. The minimum atomic E-state index is -4.60. The van der Waals surface area contributed by atoms with E-state index in [4.69, 9.17) is 32.9 Å². The van der Waals surface area contributed by atoms with Gasteiger partial charge in [0, 0.05) is 42.3 Å². The fourth-order valence-corrected chi connectivity index (χ4v) is 6.29. The number of hydrogen-bond acceptors (Lipinski definition) is 5. The van der Waals surface area contributed by atoms with Crippen LogP contribution in [-0.2, 0) is 11.0 Å². The van der Waals surface area contributed by atoms with Gasteiger partial charge in [-0.3, -0.25) is 19.6 Å². The number of amides is 3. The SMILES string of the molecule is CCOc1cc(C(F)(F)F)ccc1C1=NC(c2ccc(Cl)cc2)C(c2ccc(Cl)cc2)N1C(=O)N1CCN(C(C)C(=O)NC(C)C)CC1. The molecule has 0 aromatic heterocycles. The second-order valence-corrected chi connectivity index (χ2v) is 13.0. The number of carbonyl (C=O) groups excluding carboxylic acids is 2. The highest BCUT2D eigenvalue weighted by atomic mass is 35.5. The molecule has 0 bridgehead atoms. The second kappa shape index (κ2) is 14.8. The third kappa shape index (κ3) is 7.74. The average molecular weight is 705 g/mol. The number of halogens is 5. The fraction of sp³-hybridized carbons (Fsp3) is 0.400. The molecule has 0 saturated carbocycles. The number of rotatable bonds is 8. The van der Waals surface area contributed by atoms with Gasteiger partial charge in [0.25, 0.3) is 0 Å². The molecule has 3 aromatic carbocycles. The average Bonchev–Trinajstić information content (AvgIpc) is 3.44. The first kappa shape index (κ1) is 35.5. The van der Waals surface area contributed by atoms with Crippen LogP contribution in [0, 0.1) is 0 Å². The molecule has 2 aliphatic rings. The maximum absolute atomic E-state index is 14.7. The van der Waals surface area contributed by atoms with Gasteiger partial charge in [-0.15, -0.1) is 0 Å². The zero-order valence-corrected chi connectivity index (χ0v) is 28.6. The van der Waals surface area contributed by atoms with E-state index in [1.54, 1.807) is 41.0 Å². The van der Waals surface area contributed by atoms with Crippen LogP contribution in [0.25, 0.3) is 0 Å². The first-order chi connectivity index (χ1) is 22.8. The number of urea groups is 1. The Bertz CT molecular complexity index is 1640. The molecule has 3 amide bonds. The largest absolute Gasteiger partial charge is 0.493 e. The van der Waals surface area contributed by atoms with Crippen LogP contribution >= 0.6 is 23.2 Å². The van der Waals surface area contributed by atoms with Crippen molar-refractivity contribution in [3.63, 3.8) is 0 Å². The summed E-state index contributed by atoms with van der Waals surface area (Å²) in [4.78, 5) is 37.8. The topological polar surface area (TPSA) is 77.5 Å². The van der Waals surface area contributed by atoms with Gasteiger partial charge in [-0.05, 0) is 81.3 Å². The summed E-state index contributed by atoms with van der Waals surface area (Å²) in [5, 5.41) is 3.97. The number of piperazine rings is 1. The lowest BCUT2D eigenvalue weighted by Gasteiger charge is -2.40. The molecule has 48 heavy (non-hydrogen) atoms. The van der Waals surface area contributed by atoms with Crippen LogP contribution in [-0.4, -0.2) is 77.3 Å². The minimum absolute atomic E-state index is 0.000792. The number of hydrogen-bond donors (Lipinski definition) is 1. The van der Waals surface area contributed by atoms with E-state index >= 15 is 0 Å². The van der Waals surface area contributed by atoms with E-state index in [9.17, 15) is 22.8 Å². The molecule has 256 valence electrons. The van der Waals surface area contributed by atoms with Crippen LogP contribution in [0.15, 0.2) is 71.7 Å². The van der Waals surface area contributed by atoms with Gasteiger partial charge < -0.3 is 15.0 Å². The van der Waals surface area contributed by atoms with Crippen LogP contribution in [0.5, 0.6) is 5.75 Å². The number of nitrogens with one attached hydrogen (secondary N) is 1. The normalized spacial score (nSPS) is 19.3. The molecule has 13 heteroatoms. The Kier molecular flexibility index (Phi) is 10.9. The van der Waals surface area contributed by atoms with Crippen LogP contribution in [0.2, 0.25) is 10.0 Å². The molecule has 1 saturated heterocycles. The predicted octanol–water partition coefficient (Wildman–Crippen LogP) is 7.61. The molecule has 2 heterocycles. The van der Waals surface area contributed by atoms with Crippen LogP contribution in [0.1, 0.15) is 62.0 Å². The summed E-state index contributed by atoms with van der Waals surface area (Å²) in [5.74, 6) is 0.0626. The van der Waals surface area contributed by atoms with E-state index in [0.29, 0.717) is 36.2 Å². The van der Waals surface area contributed by atoms with Crippen LogP contribution in [0.3, 0.4) is 0 Å².